The number of nitrogens with one attached hydrogen (secondary N) is 2. The molecule has 1 aromatic carbocycles. The number of nitrogens with zero attached hydrogens (tertiary/aromatic N) is 2. The zero-order chi connectivity index (χ0) is 18.6. The van der Waals surface area contributed by atoms with E-state index in [4.69, 9.17) is 27.6 Å². The average Bonchev–Trinajstić information content (AvgIpc) is 3.00. The molecule has 144 valence electrons. The Kier molecular flexibility index (Phi) is 8.69. The highest BCUT2D eigenvalue weighted by Gasteiger charge is 2.19. The number of aromatic nitrogens is 1. The molecule has 0 saturated heterocycles. The van der Waals surface area contributed by atoms with E-state index < -0.39 is 0 Å². The first-order chi connectivity index (χ1) is 11.7. The summed E-state index contributed by atoms with van der Waals surface area (Å²) in [6.45, 7) is 8.70. The third kappa shape index (κ3) is 6.32. The first-order valence-corrected chi connectivity index (χ1v) is 8.83. The van der Waals surface area contributed by atoms with Crippen LogP contribution in [0.4, 0.5) is 0 Å². The van der Waals surface area contributed by atoms with Crippen LogP contribution >= 0.6 is 47.2 Å². The summed E-state index contributed by atoms with van der Waals surface area (Å²) >= 11 is 12.2. The van der Waals surface area contributed by atoms with Crippen LogP contribution in [0.3, 0.4) is 0 Å². The van der Waals surface area contributed by atoms with Crippen molar-refractivity contribution in [1.82, 2.24) is 15.6 Å². The lowest BCUT2D eigenvalue weighted by Gasteiger charge is -2.19. The lowest BCUT2D eigenvalue weighted by Crippen LogP contribution is -2.38. The quantitative estimate of drug-likeness (QED) is 0.332. The van der Waals surface area contributed by atoms with E-state index in [1.807, 2.05) is 19.1 Å². The Morgan fingerprint density at radius 3 is 2.54 bits per heavy atom. The molecular weight excluding hydrogens is 486 g/mol. The van der Waals surface area contributed by atoms with Crippen LogP contribution in [0.15, 0.2) is 33.8 Å². The van der Waals surface area contributed by atoms with Crippen LogP contribution in [-0.4, -0.2) is 18.0 Å². The molecule has 8 heteroatoms. The summed E-state index contributed by atoms with van der Waals surface area (Å²) in [7, 11) is 1.71. The molecule has 5 nitrogen and oxygen atoms in total. The van der Waals surface area contributed by atoms with Crippen molar-refractivity contribution in [3.63, 3.8) is 0 Å². The Morgan fingerprint density at radius 2 is 2.00 bits per heavy atom. The van der Waals surface area contributed by atoms with Crippen molar-refractivity contribution >= 4 is 53.1 Å². The summed E-state index contributed by atoms with van der Waals surface area (Å²) in [4.78, 5) is 8.53. The Balaban J connectivity index is 0.00000338. The van der Waals surface area contributed by atoms with Gasteiger partial charge >= 0.3 is 0 Å². The molecule has 0 radical (unpaired) electrons. The largest absolute Gasteiger partial charge is 0.443 e. The maximum absolute atomic E-state index is 6.26. The van der Waals surface area contributed by atoms with Crippen molar-refractivity contribution in [2.45, 2.75) is 45.7 Å². The fourth-order valence-electron chi connectivity index (χ4n) is 2.23. The zero-order valence-corrected chi connectivity index (χ0v) is 19.4. The molecule has 0 aliphatic carbocycles. The predicted molar refractivity (Wildman–Crippen MR) is 119 cm³/mol. The number of benzene rings is 1. The lowest BCUT2D eigenvalue weighted by molar-refractivity contribution is 0.379. The normalized spacial score (nSPS) is 13.1. The summed E-state index contributed by atoms with van der Waals surface area (Å²) in [5.41, 5.74) is 0.880. The van der Waals surface area contributed by atoms with E-state index in [0.29, 0.717) is 28.4 Å². The smallest absolute Gasteiger partial charge is 0.213 e. The molecule has 2 rings (SSSR count). The molecule has 0 aliphatic rings. The van der Waals surface area contributed by atoms with Crippen LogP contribution in [0.5, 0.6) is 0 Å². The van der Waals surface area contributed by atoms with E-state index in [-0.39, 0.29) is 35.4 Å². The topological polar surface area (TPSA) is 62.5 Å². The van der Waals surface area contributed by atoms with Gasteiger partial charge in [-0.25, -0.2) is 4.98 Å². The van der Waals surface area contributed by atoms with Crippen LogP contribution in [0, 0.1) is 0 Å². The van der Waals surface area contributed by atoms with Crippen molar-refractivity contribution < 1.29 is 4.42 Å². The molecular formula is C18H25Cl2IN4O. The number of halogens is 3. The van der Waals surface area contributed by atoms with Gasteiger partial charge in [0.2, 0.25) is 5.89 Å². The van der Waals surface area contributed by atoms with Gasteiger partial charge < -0.3 is 15.1 Å². The molecule has 1 atom stereocenters. The minimum absolute atomic E-state index is 0. The summed E-state index contributed by atoms with van der Waals surface area (Å²) in [6, 6.07) is 5.41. The van der Waals surface area contributed by atoms with E-state index in [1.54, 1.807) is 19.3 Å². The minimum Gasteiger partial charge on any atom is -0.443 e. The molecule has 0 fully saturated rings. The third-order valence-corrected chi connectivity index (χ3v) is 4.27. The molecule has 1 unspecified atom stereocenters. The van der Waals surface area contributed by atoms with Gasteiger partial charge in [-0.15, -0.1) is 24.0 Å². The monoisotopic (exact) mass is 510 g/mol. The predicted octanol–water partition coefficient (Wildman–Crippen LogP) is 5.32. The second-order valence-electron chi connectivity index (χ2n) is 6.83. The van der Waals surface area contributed by atoms with E-state index in [1.165, 1.54) is 0 Å². The average molecular weight is 511 g/mol. The molecule has 0 amide bonds. The fraction of sp³-hybridized carbons (Fsp3) is 0.444. The highest BCUT2D eigenvalue weighted by molar-refractivity contribution is 14.0. The van der Waals surface area contributed by atoms with Crippen LogP contribution in [0.1, 0.15) is 51.0 Å². The van der Waals surface area contributed by atoms with Gasteiger partial charge in [0, 0.05) is 22.5 Å². The van der Waals surface area contributed by atoms with Gasteiger partial charge in [0.05, 0.1) is 18.8 Å². The minimum atomic E-state index is -0.0645. The number of hydrogen-bond donors (Lipinski definition) is 2. The number of rotatable bonds is 4. The molecule has 2 N–H and O–H groups in total. The number of guanidine groups is 1. The highest BCUT2D eigenvalue weighted by atomic mass is 127. The third-order valence-electron chi connectivity index (χ3n) is 3.71. The SMILES string of the molecule is CN=C(NCc1ncc(C(C)(C)C)o1)NC(C)c1ccc(Cl)cc1Cl.I. The molecule has 0 aliphatic heterocycles. The number of aliphatic imine (C=N–C) groups is 1. The van der Waals surface area contributed by atoms with Crippen LogP contribution in [-0.2, 0) is 12.0 Å². The van der Waals surface area contributed by atoms with Gasteiger partial charge in [-0.2, -0.15) is 0 Å². The van der Waals surface area contributed by atoms with Gasteiger partial charge in [-0.3, -0.25) is 4.99 Å². The highest BCUT2D eigenvalue weighted by Crippen LogP contribution is 2.26. The molecule has 1 heterocycles. The fourth-order valence-corrected chi connectivity index (χ4v) is 2.80. The van der Waals surface area contributed by atoms with Gasteiger partial charge in [0.25, 0.3) is 0 Å². The van der Waals surface area contributed by atoms with E-state index in [9.17, 15) is 0 Å². The van der Waals surface area contributed by atoms with E-state index in [2.05, 4.69) is 41.4 Å². The van der Waals surface area contributed by atoms with Gasteiger partial charge in [0.15, 0.2) is 5.96 Å². The van der Waals surface area contributed by atoms with Crippen molar-refractivity contribution in [1.29, 1.82) is 0 Å². The van der Waals surface area contributed by atoms with Crippen molar-refractivity contribution in [3.8, 4) is 0 Å². The zero-order valence-electron chi connectivity index (χ0n) is 15.6. The Bertz CT molecular complexity index is 756. The van der Waals surface area contributed by atoms with Crippen LogP contribution in [0.2, 0.25) is 10.0 Å². The second kappa shape index (κ2) is 9.80. The molecule has 0 bridgehead atoms. The summed E-state index contributed by atoms with van der Waals surface area (Å²) in [5.74, 6) is 2.10. The summed E-state index contributed by atoms with van der Waals surface area (Å²) in [5, 5.41) is 7.72. The lowest BCUT2D eigenvalue weighted by atomic mass is 9.94. The summed E-state index contributed by atoms with van der Waals surface area (Å²) < 4.78 is 5.77. The number of hydrogen-bond acceptors (Lipinski definition) is 3. The first-order valence-electron chi connectivity index (χ1n) is 8.08. The van der Waals surface area contributed by atoms with E-state index >= 15 is 0 Å². The molecule has 0 spiro atoms. The molecule has 0 saturated carbocycles. The van der Waals surface area contributed by atoms with Crippen LogP contribution < -0.4 is 10.6 Å². The maximum atomic E-state index is 6.26. The Hall–Kier alpha value is -0.990. The second-order valence-corrected chi connectivity index (χ2v) is 7.67. The Labute approximate surface area is 182 Å². The standard InChI is InChI=1S/C18H24Cl2N4O.HI/c1-11(13-7-6-12(19)8-14(13)20)24-17(21-5)23-10-16-22-9-15(25-16)18(2,3)4;/h6-9,11H,10H2,1-5H3,(H2,21,23,24);1H. The van der Waals surface area contributed by atoms with Gasteiger partial charge in [-0.05, 0) is 24.6 Å². The molecule has 1 aromatic heterocycles. The maximum Gasteiger partial charge on any atom is 0.213 e. The molecule has 26 heavy (non-hydrogen) atoms. The Morgan fingerprint density at radius 1 is 1.31 bits per heavy atom. The number of oxazole rings is 1. The van der Waals surface area contributed by atoms with Gasteiger partial charge in [0.1, 0.15) is 5.76 Å². The first kappa shape index (κ1) is 23.0. The summed E-state index contributed by atoms with van der Waals surface area (Å²) in [6.07, 6.45) is 1.77. The van der Waals surface area contributed by atoms with Crippen molar-refractivity contribution in [2.75, 3.05) is 7.05 Å². The van der Waals surface area contributed by atoms with Crippen molar-refractivity contribution in [2.24, 2.45) is 4.99 Å². The van der Waals surface area contributed by atoms with Crippen LogP contribution in [0.25, 0.3) is 0 Å². The molecule has 2 aromatic rings. The van der Waals surface area contributed by atoms with Gasteiger partial charge in [-0.1, -0.05) is 50.0 Å². The van der Waals surface area contributed by atoms with E-state index in [0.717, 1.165) is 11.3 Å². The van der Waals surface area contributed by atoms with Crippen molar-refractivity contribution in [3.05, 3.63) is 51.7 Å².